The van der Waals surface area contributed by atoms with Crippen molar-refractivity contribution in [1.29, 1.82) is 5.26 Å². The summed E-state index contributed by atoms with van der Waals surface area (Å²) in [5, 5.41) is 24.4. The molecule has 3 aromatic heterocycles. The normalized spacial score (nSPS) is 12.3. The number of aromatic nitrogens is 6. The van der Waals surface area contributed by atoms with Crippen molar-refractivity contribution in [3.63, 3.8) is 0 Å². The molecule has 9 rings (SSSR count). The van der Waals surface area contributed by atoms with E-state index in [2.05, 4.69) is 59.6 Å². The first-order valence-corrected chi connectivity index (χ1v) is 33.2. The number of aromatic amines is 1. The van der Waals surface area contributed by atoms with E-state index in [-0.39, 0.29) is 40.2 Å². The van der Waals surface area contributed by atoms with Crippen LogP contribution in [-0.4, -0.2) is 49.2 Å². The van der Waals surface area contributed by atoms with Crippen LogP contribution in [0.4, 0.5) is 26.3 Å². The molecule has 9 aromatic rings. The van der Waals surface area contributed by atoms with Crippen LogP contribution in [0, 0.1) is 11.3 Å². The van der Waals surface area contributed by atoms with Gasteiger partial charge in [0.2, 0.25) is 23.7 Å². The molecule has 0 saturated carbocycles. The van der Waals surface area contributed by atoms with Gasteiger partial charge in [-0.25, -0.2) is 9.97 Å². The number of benzene rings is 6. The molecule has 0 aliphatic rings. The SMILES string of the molecule is CCC[CH2][Sn]([CH2]CCC)([CH2]CCC)[N]=[N+]=[N-].FC(F)(F)c1ccc(OC(c2ccc(Cl)cc2)c2nn[nH]n2)c(-c2nc3ccccc3o2)c1.N#CC(Oc1ccc(C(F)(F)F)cc1-c1nc2ccccc2o1)c1ccc(Cl)cc1. The second-order valence-corrected chi connectivity index (χ2v) is 30.8. The molecule has 23 heteroatoms. The number of para-hydroxylation sites is 4. The van der Waals surface area contributed by atoms with Gasteiger partial charge >= 0.3 is 117 Å². The largest absolute Gasteiger partial charge is 0.477 e. The van der Waals surface area contributed by atoms with Gasteiger partial charge in [-0.2, -0.15) is 36.8 Å². The molecule has 2 unspecified atom stereocenters. The molecule has 79 heavy (non-hydrogen) atoms. The summed E-state index contributed by atoms with van der Waals surface area (Å²) in [6.45, 7) is 6.69. The van der Waals surface area contributed by atoms with Gasteiger partial charge in [-0.1, -0.05) is 76.9 Å². The predicted molar refractivity (Wildman–Crippen MR) is 291 cm³/mol. The third-order valence-electron chi connectivity index (χ3n) is 12.5. The van der Waals surface area contributed by atoms with Crippen LogP contribution in [0.25, 0.3) is 55.6 Å². The van der Waals surface area contributed by atoms with Crippen LogP contribution in [-0.2, 0) is 12.4 Å². The van der Waals surface area contributed by atoms with E-state index in [0.29, 0.717) is 43.4 Å². The Kier molecular flexibility index (Phi) is 20.7. The maximum Gasteiger partial charge on any atom is 0.416 e. The Hall–Kier alpha value is -7.31. The van der Waals surface area contributed by atoms with Crippen LogP contribution in [0.15, 0.2) is 146 Å². The van der Waals surface area contributed by atoms with Gasteiger partial charge < -0.3 is 18.3 Å². The van der Waals surface area contributed by atoms with Gasteiger partial charge in [-0.15, -0.1) is 10.2 Å². The van der Waals surface area contributed by atoms with Gasteiger partial charge in [-0.05, 0) is 84.9 Å². The van der Waals surface area contributed by atoms with Crippen LogP contribution in [0.2, 0.25) is 23.4 Å². The number of fused-ring (bicyclic) bond motifs is 2. The fourth-order valence-electron chi connectivity index (χ4n) is 8.31. The summed E-state index contributed by atoms with van der Waals surface area (Å²) in [5.41, 5.74) is 10.1. The fraction of sp³-hybridized carbons (Fsp3) is 0.286. The number of H-pyrrole nitrogens is 1. The number of hydrogen-bond acceptors (Lipinski definition) is 11. The van der Waals surface area contributed by atoms with Gasteiger partial charge in [0.25, 0.3) is 0 Å². The summed E-state index contributed by atoms with van der Waals surface area (Å²) < 4.78 is 112. The van der Waals surface area contributed by atoms with Crippen molar-refractivity contribution in [3.8, 4) is 40.5 Å². The van der Waals surface area contributed by atoms with E-state index in [1.165, 1.54) is 57.9 Å². The zero-order valence-electron chi connectivity index (χ0n) is 42.9. The van der Waals surface area contributed by atoms with Crippen molar-refractivity contribution in [1.82, 2.24) is 30.6 Å². The molecule has 14 nitrogen and oxygen atoms in total. The van der Waals surface area contributed by atoms with Crippen molar-refractivity contribution in [2.75, 3.05) is 0 Å². The Labute approximate surface area is 464 Å². The third kappa shape index (κ3) is 15.9. The summed E-state index contributed by atoms with van der Waals surface area (Å²) >= 11 is 9.41. The number of nitrogens with zero attached hydrogens (tertiary/aromatic N) is 9. The van der Waals surface area contributed by atoms with Crippen molar-refractivity contribution in [3.05, 3.63) is 182 Å². The van der Waals surface area contributed by atoms with E-state index in [4.69, 9.17) is 47.0 Å². The number of hydrogen-bond donors (Lipinski definition) is 1. The molecule has 6 aromatic carbocycles. The van der Waals surface area contributed by atoms with Crippen LogP contribution in [0.3, 0.4) is 0 Å². The van der Waals surface area contributed by atoms with E-state index < -0.39 is 54.3 Å². The smallest absolute Gasteiger partial charge is 0.416 e. The Morgan fingerprint density at radius 2 is 1.11 bits per heavy atom. The number of nitriles is 1. The maximum atomic E-state index is 13.5. The minimum absolute atomic E-state index is 0.00441. The minimum atomic E-state index is -4.57. The van der Waals surface area contributed by atoms with Crippen LogP contribution < -0.4 is 9.47 Å². The molecular formula is C56H52Cl2F6N10O4Sn. The molecule has 410 valence electrons. The van der Waals surface area contributed by atoms with Crippen molar-refractivity contribution >= 4 is 64.1 Å². The van der Waals surface area contributed by atoms with Crippen LogP contribution in [0.5, 0.6) is 11.5 Å². The van der Waals surface area contributed by atoms with Gasteiger partial charge in [0.05, 0.1) is 22.3 Å². The minimum Gasteiger partial charge on any atom is -0.477 e. The molecule has 2 atom stereocenters. The molecule has 0 bridgehead atoms. The molecule has 1 N–H and O–H groups in total. The second kappa shape index (κ2) is 27.5. The van der Waals surface area contributed by atoms with E-state index in [1.807, 2.05) is 6.07 Å². The van der Waals surface area contributed by atoms with Crippen LogP contribution in [0.1, 0.15) is 99.6 Å². The molecule has 0 fully saturated rings. The number of ether oxygens (including phenoxy) is 2. The van der Waals surface area contributed by atoms with E-state index in [0.717, 1.165) is 30.3 Å². The first-order chi connectivity index (χ1) is 38.0. The zero-order chi connectivity index (χ0) is 56.6. The summed E-state index contributed by atoms with van der Waals surface area (Å²) in [4.78, 5) is 11.8. The van der Waals surface area contributed by atoms with Gasteiger partial charge in [-0.3, -0.25) is 0 Å². The molecule has 0 radical (unpaired) electrons. The van der Waals surface area contributed by atoms with Gasteiger partial charge in [0, 0.05) is 21.2 Å². The number of rotatable bonds is 19. The van der Waals surface area contributed by atoms with E-state index >= 15 is 0 Å². The van der Waals surface area contributed by atoms with Crippen molar-refractivity contribution in [2.45, 2.75) is 97.2 Å². The average molecular weight is 1230 g/mol. The van der Waals surface area contributed by atoms with E-state index in [9.17, 15) is 31.6 Å². The monoisotopic (exact) mass is 1230 g/mol. The predicted octanol–water partition coefficient (Wildman–Crippen LogP) is 18.3. The molecule has 3 heterocycles. The number of nitrogens with one attached hydrogen (secondary N) is 1. The molecule has 0 aliphatic carbocycles. The molecule has 0 spiro atoms. The summed E-state index contributed by atoms with van der Waals surface area (Å²) in [6, 6.07) is 34.8. The molecule has 0 aliphatic heterocycles. The number of oxazole rings is 2. The first-order valence-electron chi connectivity index (χ1n) is 25.2. The summed E-state index contributed by atoms with van der Waals surface area (Å²) in [7, 11) is 0. The van der Waals surface area contributed by atoms with E-state index in [1.54, 1.807) is 97.1 Å². The number of unbranched alkanes of at least 4 members (excludes halogenated alkanes) is 3. The van der Waals surface area contributed by atoms with Gasteiger partial charge in [0.1, 0.15) is 28.6 Å². The van der Waals surface area contributed by atoms with Crippen molar-refractivity contribution in [2.24, 2.45) is 3.34 Å². The van der Waals surface area contributed by atoms with Crippen molar-refractivity contribution < 1.29 is 44.7 Å². The number of halogens is 8. The molecule has 0 amide bonds. The average Bonchev–Trinajstić information content (AvgIpc) is 4.31. The standard InChI is InChI=1S/C22H13ClF3N5O2.C22H12ClF3N2O2.3C4H9.N3.Sn/c23-14-8-5-12(6-9-14)19(20-28-30-31-29-20)32-17-10-7-13(22(24,25)26)11-15(17)21-27-16-3-1-2-4-18(16)33-21;23-15-8-5-13(6-9-15)20(12-27)29-18-10-7-14(22(24,25)26)11-16(18)21-28-17-3-1-2-4-19(17)30-21;3*1-3-4-2;1-3-2;/h1-11,19H,(H,28,29,30,31);1-11,20H;3*1,3-4H2,2H3;;/q;;;;;-1;+1. The fourth-order valence-corrected chi connectivity index (χ4v) is 20.8. The Bertz CT molecular complexity index is 3410. The third-order valence-corrected chi connectivity index (χ3v) is 25.4. The van der Waals surface area contributed by atoms with Gasteiger partial charge in [0.15, 0.2) is 17.3 Å². The molecule has 0 saturated heterocycles. The Morgan fingerprint density at radius 3 is 1.52 bits per heavy atom. The summed E-state index contributed by atoms with van der Waals surface area (Å²) in [5.74, 6) is 0.265. The maximum absolute atomic E-state index is 13.5. The van der Waals surface area contributed by atoms with Crippen LogP contribution >= 0.6 is 23.2 Å². The Balaban J connectivity index is 0.000000182. The number of tetrazole rings is 1. The number of azide groups is 1. The topological polar surface area (TPSA) is 198 Å². The summed E-state index contributed by atoms with van der Waals surface area (Å²) in [6.07, 6.45) is -3.59. The second-order valence-electron chi connectivity index (χ2n) is 18.1. The zero-order valence-corrected chi connectivity index (χ0v) is 47.3. The Morgan fingerprint density at radius 1 is 0.658 bits per heavy atom. The first kappa shape index (κ1) is 59.4. The quantitative estimate of drug-likeness (QED) is 0.0267. The molecular weight excluding hydrogens is 1180 g/mol. The number of alkyl halides is 6.